The highest BCUT2D eigenvalue weighted by Gasteiger charge is 2.29. The summed E-state index contributed by atoms with van der Waals surface area (Å²) in [5.74, 6) is -3.93. The summed E-state index contributed by atoms with van der Waals surface area (Å²) in [5.41, 5.74) is 4.76. The molecule has 0 bridgehead atoms. The number of hydrogen-bond donors (Lipinski definition) is 2. The summed E-state index contributed by atoms with van der Waals surface area (Å²) >= 11 is 0. The van der Waals surface area contributed by atoms with Crippen molar-refractivity contribution in [1.82, 2.24) is 4.72 Å². The molecule has 0 fully saturated rings. The molecule has 0 unspecified atom stereocenters. The number of benzene rings is 1. The van der Waals surface area contributed by atoms with E-state index in [1.165, 1.54) is 0 Å². The minimum atomic E-state index is -4.07. The molecule has 0 aromatic heterocycles. The van der Waals surface area contributed by atoms with Crippen molar-refractivity contribution in [2.75, 3.05) is 13.1 Å². The molecule has 0 aliphatic rings. The Morgan fingerprint density at radius 3 is 2.24 bits per heavy atom. The first-order chi connectivity index (χ1) is 7.77. The number of rotatable bonds is 5. The highest BCUT2D eigenvalue weighted by Crippen LogP contribution is 2.13. The lowest BCUT2D eigenvalue weighted by Crippen LogP contribution is -2.41. The molecule has 0 radical (unpaired) electrons. The Balaban J connectivity index is 2.79. The van der Waals surface area contributed by atoms with Crippen LogP contribution >= 0.6 is 0 Å². The van der Waals surface area contributed by atoms with Gasteiger partial charge in [-0.25, -0.2) is 26.3 Å². The van der Waals surface area contributed by atoms with Crippen molar-refractivity contribution in [2.24, 2.45) is 5.73 Å². The molecule has 0 heterocycles. The molecule has 0 spiro atoms. The maximum atomic E-state index is 12.8. The third-order valence-electron chi connectivity index (χ3n) is 1.94. The minimum Gasteiger partial charge on any atom is -0.325 e. The van der Waals surface area contributed by atoms with Gasteiger partial charge >= 0.3 is 0 Å². The summed E-state index contributed by atoms with van der Waals surface area (Å²) in [6.07, 6.45) is 0. The molecule has 0 atom stereocenters. The van der Waals surface area contributed by atoms with Gasteiger partial charge in [-0.1, -0.05) is 0 Å². The summed E-state index contributed by atoms with van der Waals surface area (Å²) < 4.78 is 62.8. The number of nitrogens with one attached hydrogen (secondary N) is 1. The van der Waals surface area contributed by atoms with Crippen LogP contribution in [0.1, 0.15) is 0 Å². The summed E-state index contributed by atoms with van der Waals surface area (Å²) in [6, 6.07) is 3.82. The number of sulfonamides is 1. The zero-order valence-corrected chi connectivity index (χ0v) is 9.48. The van der Waals surface area contributed by atoms with Crippen LogP contribution in [-0.4, -0.2) is 27.4 Å². The van der Waals surface area contributed by atoms with Gasteiger partial charge in [-0.2, -0.15) is 0 Å². The zero-order valence-electron chi connectivity index (χ0n) is 8.66. The van der Waals surface area contributed by atoms with E-state index in [1.807, 2.05) is 0 Å². The molecule has 96 valence electrons. The molecule has 0 saturated heterocycles. The summed E-state index contributed by atoms with van der Waals surface area (Å²) in [5, 5.41) is 0. The van der Waals surface area contributed by atoms with Crippen molar-refractivity contribution in [1.29, 1.82) is 0 Å². The van der Waals surface area contributed by atoms with Crippen molar-refractivity contribution in [3.63, 3.8) is 0 Å². The maximum absolute atomic E-state index is 12.8. The highest BCUT2D eigenvalue weighted by molar-refractivity contribution is 7.89. The lowest BCUT2D eigenvalue weighted by Gasteiger charge is -2.14. The van der Waals surface area contributed by atoms with Crippen LogP contribution < -0.4 is 10.5 Å². The molecule has 1 aromatic rings. The van der Waals surface area contributed by atoms with E-state index >= 15 is 0 Å². The normalized spacial score (nSPS) is 12.7. The Labute approximate surface area is 96.7 Å². The van der Waals surface area contributed by atoms with E-state index in [0.717, 1.165) is 24.3 Å². The van der Waals surface area contributed by atoms with Gasteiger partial charge in [0.25, 0.3) is 5.92 Å². The predicted octanol–water partition coefficient (Wildman–Crippen LogP) is 0.698. The van der Waals surface area contributed by atoms with Crippen molar-refractivity contribution < 1.29 is 21.6 Å². The van der Waals surface area contributed by atoms with Crippen molar-refractivity contribution in [3.8, 4) is 0 Å². The molecule has 0 aliphatic carbocycles. The largest absolute Gasteiger partial charge is 0.325 e. The van der Waals surface area contributed by atoms with Gasteiger partial charge < -0.3 is 5.73 Å². The number of hydrogen-bond acceptors (Lipinski definition) is 3. The third kappa shape index (κ3) is 3.99. The molecule has 0 aliphatic heterocycles. The van der Waals surface area contributed by atoms with Crippen molar-refractivity contribution in [3.05, 3.63) is 30.1 Å². The van der Waals surface area contributed by atoms with Crippen LogP contribution in [0.4, 0.5) is 13.2 Å². The summed E-state index contributed by atoms with van der Waals surface area (Å²) in [7, 11) is -4.07. The second-order valence-electron chi connectivity index (χ2n) is 3.34. The molecule has 17 heavy (non-hydrogen) atoms. The molecule has 0 amide bonds. The van der Waals surface area contributed by atoms with Crippen LogP contribution in [0.5, 0.6) is 0 Å². The van der Waals surface area contributed by atoms with Gasteiger partial charge in [0.1, 0.15) is 5.82 Å². The van der Waals surface area contributed by atoms with Crippen LogP contribution in [0, 0.1) is 5.82 Å². The molecule has 4 nitrogen and oxygen atoms in total. The Bertz CT molecular complexity index is 474. The maximum Gasteiger partial charge on any atom is 0.273 e. The van der Waals surface area contributed by atoms with E-state index in [4.69, 9.17) is 5.73 Å². The van der Waals surface area contributed by atoms with Crippen molar-refractivity contribution >= 4 is 10.0 Å². The van der Waals surface area contributed by atoms with Gasteiger partial charge in [-0.15, -0.1) is 0 Å². The smallest absolute Gasteiger partial charge is 0.273 e. The molecule has 1 rings (SSSR count). The monoisotopic (exact) mass is 268 g/mol. The predicted molar refractivity (Wildman–Crippen MR) is 55.6 cm³/mol. The average Bonchev–Trinajstić information content (AvgIpc) is 2.27. The number of alkyl halides is 2. The third-order valence-corrected chi connectivity index (χ3v) is 3.36. The molecule has 8 heteroatoms. The number of nitrogens with two attached hydrogens (primary N) is 1. The molecule has 3 N–H and O–H groups in total. The number of halogens is 3. The highest BCUT2D eigenvalue weighted by atomic mass is 32.2. The van der Waals surface area contributed by atoms with Crippen molar-refractivity contribution in [2.45, 2.75) is 10.8 Å². The summed E-state index contributed by atoms with van der Waals surface area (Å²) in [4.78, 5) is -0.285. The zero-order chi connectivity index (χ0) is 13.1. The van der Waals surface area contributed by atoms with E-state index < -0.39 is 34.9 Å². The fourth-order valence-corrected chi connectivity index (χ4v) is 2.03. The first-order valence-corrected chi connectivity index (χ1v) is 6.08. The lowest BCUT2D eigenvalue weighted by molar-refractivity contribution is 0.0170. The molecular formula is C9H11F3N2O2S. The molecule has 0 saturated carbocycles. The Hall–Kier alpha value is -1.12. The van der Waals surface area contributed by atoms with Gasteiger partial charge in [0, 0.05) is 0 Å². The van der Waals surface area contributed by atoms with Crippen LogP contribution in [-0.2, 0) is 10.0 Å². The fraction of sp³-hybridized carbons (Fsp3) is 0.333. The van der Waals surface area contributed by atoms with Gasteiger partial charge in [0.2, 0.25) is 10.0 Å². The van der Waals surface area contributed by atoms with E-state index in [9.17, 15) is 21.6 Å². The molecule has 1 aromatic carbocycles. The van der Waals surface area contributed by atoms with Crippen LogP contribution in [0.15, 0.2) is 29.2 Å². The van der Waals surface area contributed by atoms with E-state index in [0.29, 0.717) is 0 Å². The first kappa shape index (κ1) is 13.9. The first-order valence-electron chi connectivity index (χ1n) is 4.60. The Kier molecular flexibility index (Phi) is 4.12. The van der Waals surface area contributed by atoms with Gasteiger partial charge in [-0.3, -0.25) is 0 Å². The van der Waals surface area contributed by atoms with Gasteiger partial charge in [0.15, 0.2) is 0 Å². The lowest BCUT2D eigenvalue weighted by atomic mass is 10.3. The van der Waals surface area contributed by atoms with Crippen LogP contribution in [0.25, 0.3) is 0 Å². The SMILES string of the molecule is NCC(F)(F)CNS(=O)(=O)c1ccc(F)cc1. The Morgan fingerprint density at radius 2 is 1.76 bits per heavy atom. The van der Waals surface area contributed by atoms with Crippen LogP contribution in [0.2, 0.25) is 0 Å². The Morgan fingerprint density at radius 1 is 1.24 bits per heavy atom. The fourth-order valence-electron chi connectivity index (χ4n) is 0.970. The van der Waals surface area contributed by atoms with E-state index in [2.05, 4.69) is 0 Å². The quantitative estimate of drug-likeness (QED) is 0.825. The second kappa shape index (κ2) is 5.03. The van der Waals surface area contributed by atoms with E-state index in [-0.39, 0.29) is 4.90 Å². The van der Waals surface area contributed by atoms with Gasteiger partial charge in [0.05, 0.1) is 18.0 Å². The van der Waals surface area contributed by atoms with E-state index in [1.54, 1.807) is 4.72 Å². The van der Waals surface area contributed by atoms with Crippen LogP contribution in [0.3, 0.4) is 0 Å². The van der Waals surface area contributed by atoms with Gasteiger partial charge in [-0.05, 0) is 24.3 Å². The summed E-state index contributed by atoms with van der Waals surface area (Å²) in [6.45, 7) is -2.05. The minimum absolute atomic E-state index is 0.285. The second-order valence-corrected chi connectivity index (χ2v) is 5.11. The standard InChI is InChI=1S/C9H11F3N2O2S/c10-7-1-3-8(4-2-7)17(15,16)14-6-9(11,12)5-13/h1-4,14H,5-6,13H2. The topological polar surface area (TPSA) is 72.2 Å². The molecular weight excluding hydrogens is 257 g/mol. The average molecular weight is 268 g/mol.